The topological polar surface area (TPSA) is 33.5 Å². The third kappa shape index (κ3) is 5.50. The van der Waals surface area contributed by atoms with Crippen LogP contribution in [0.25, 0.3) is 0 Å². The molecular formula is C16H23Cl2N2O+. The largest absolute Gasteiger partial charge is 0.351 e. The zero-order chi connectivity index (χ0) is 15.2. The van der Waals surface area contributed by atoms with Crippen LogP contribution in [0.3, 0.4) is 0 Å². The van der Waals surface area contributed by atoms with E-state index >= 15 is 0 Å². The summed E-state index contributed by atoms with van der Waals surface area (Å²) in [4.78, 5) is 13.4. The summed E-state index contributed by atoms with van der Waals surface area (Å²) in [6, 6.07) is 5.47. The average molecular weight is 330 g/mol. The van der Waals surface area contributed by atoms with Gasteiger partial charge in [-0.05, 0) is 37.0 Å². The van der Waals surface area contributed by atoms with Crippen molar-refractivity contribution < 1.29 is 9.69 Å². The Kier molecular flexibility index (Phi) is 6.34. The number of nitrogens with one attached hydrogen (secondary N) is 2. The molecule has 2 N–H and O–H groups in total. The van der Waals surface area contributed by atoms with E-state index in [4.69, 9.17) is 23.2 Å². The van der Waals surface area contributed by atoms with Crippen LogP contribution in [0.15, 0.2) is 18.2 Å². The second-order valence-electron chi connectivity index (χ2n) is 5.96. The van der Waals surface area contributed by atoms with Crippen molar-refractivity contribution >= 4 is 29.1 Å². The lowest BCUT2D eigenvalue weighted by Gasteiger charge is -2.27. The highest BCUT2D eigenvalue weighted by atomic mass is 35.5. The quantitative estimate of drug-likeness (QED) is 0.850. The standard InChI is InChI=1S/C16H22Cl2N2O/c1-12-3-2-8-20(10-12)11-16(21)19-7-6-13-4-5-14(17)9-15(13)18/h4-5,9,12H,2-3,6-8,10-11H2,1H3,(H,19,21)/p+1/t12-/m0/s1. The third-order valence-electron chi connectivity index (χ3n) is 4.01. The summed E-state index contributed by atoms with van der Waals surface area (Å²) in [6.07, 6.45) is 3.25. The van der Waals surface area contributed by atoms with Gasteiger partial charge < -0.3 is 10.2 Å². The Balaban J connectivity index is 1.71. The van der Waals surface area contributed by atoms with Crippen molar-refractivity contribution in [2.24, 2.45) is 5.92 Å². The Labute approximate surface area is 136 Å². The number of benzene rings is 1. The van der Waals surface area contributed by atoms with E-state index in [2.05, 4.69) is 12.2 Å². The van der Waals surface area contributed by atoms with Crippen molar-refractivity contribution in [3.05, 3.63) is 33.8 Å². The molecule has 1 amide bonds. The number of carbonyl (C=O) groups is 1. The summed E-state index contributed by atoms with van der Waals surface area (Å²) in [5, 5.41) is 4.28. The molecule has 1 aromatic carbocycles. The SMILES string of the molecule is C[C@H]1CCC[NH+](CC(=O)NCCc2ccc(Cl)cc2Cl)C1. The maximum absolute atomic E-state index is 12.0. The first-order chi connectivity index (χ1) is 10.0. The molecule has 0 saturated carbocycles. The maximum Gasteiger partial charge on any atom is 0.275 e. The molecule has 1 unspecified atom stereocenters. The lowest BCUT2D eigenvalue weighted by atomic mass is 10.0. The summed E-state index contributed by atoms with van der Waals surface area (Å²) in [7, 11) is 0. The highest BCUT2D eigenvalue weighted by Gasteiger charge is 2.21. The molecular weight excluding hydrogens is 307 g/mol. The van der Waals surface area contributed by atoms with Crippen LogP contribution >= 0.6 is 23.2 Å². The molecule has 1 aromatic rings. The predicted molar refractivity (Wildman–Crippen MR) is 87.1 cm³/mol. The van der Waals surface area contributed by atoms with Gasteiger partial charge in [-0.25, -0.2) is 0 Å². The molecule has 21 heavy (non-hydrogen) atoms. The van der Waals surface area contributed by atoms with Crippen molar-refractivity contribution in [1.82, 2.24) is 5.32 Å². The lowest BCUT2D eigenvalue weighted by molar-refractivity contribution is -0.900. The van der Waals surface area contributed by atoms with Crippen molar-refractivity contribution in [3.63, 3.8) is 0 Å². The number of quaternary nitrogens is 1. The highest BCUT2D eigenvalue weighted by Crippen LogP contribution is 2.20. The minimum absolute atomic E-state index is 0.129. The second-order valence-corrected chi connectivity index (χ2v) is 6.81. The molecule has 0 aliphatic carbocycles. The minimum Gasteiger partial charge on any atom is -0.351 e. The second kappa shape index (κ2) is 8.02. The molecule has 1 aliphatic heterocycles. The maximum atomic E-state index is 12.0. The number of halogens is 2. The molecule has 5 heteroatoms. The Morgan fingerprint density at radius 3 is 2.95 bits per heavy atom. The van der Waals surface area contributed by atoms with Crippen molar-refractivity contribution in [1.29, 1.82) is 0 Å². The number of likely N-dealkylation sites (tertiary alicyclic amines) is 1. The molecule has 2 atom stereocenters. The Bertz CT molecular complexity index is 493. The van der Waals surface area contributed by atoms with E-state index in [9.17, 15) is 4.79 Å². The monoisotopic (exact) mass is 329 g/mol. The molecule has 0 bridgehead atoms. The molecule has 116 valence electrons. The summed E-state index contributed by atoms with van der Waals surface area (Å²) >= 11 is 12.0. The van der Waals surface area contributed by atoms with Gasteiger partial charge in [0.1, 0.15) is 0 Å². The Hall–Kier alpha value is -0.770. The van der Waals surface area contributed by atoms with E-state index in [1.807, 2.05) is 12.1 Å². The van der Waals surface area contributed by atoms with Gasteiger partial charge in [0, 0.05) is 22.5 Å². The van der Waals surface area contributed by atoms with Crippen molar-refractivity contribution in [3.8, 4) is 0 Å². The summed E-state index contributed by atoms with van der Waals surface area (Å²) in [5.74, 6) is 0.860. The van der Waals surface area contributed by atoms with Crippen LogP contribution in [0.4, 0.5) is 0 Å². The zero-order valence-corrected chi connectivity index (χ0v) is 13.9. The number of amides is 1. The average Bonchev–Trinajstić information content (AvgIpc) is 2.41. The molecule has 1 aliphatic rings. The van der Waals surface area contributed by atoms with Crippen LogP contribution in [0, 0.1) is 5.92 Å². The van der Waals surface area contributed by atoms with Gasteiger partial charge in [0.05, 0.1) is 13.1 Å². The smallest absolute Gasteiger partial charge is 0.275 e. The summed E-state index contributed by atoms with van der Waals surface area (Å²) in [5.41, 5.74) is 1.01. The van der Waals surface area contributed by atoms with E-state index in [0.29, 0.717) is 23.1 Å². The fourth-order valence-electron chi connectivity index (χ4n) is 2.91. The fraction of sp³-hybridized carbons (Fsp3) is 0.562. The summed E-state index contributed by atoms with van der Waals surface area (Å²) in [6.45, 7) is 5.68. The van der Waals surface area contributed by atoms with Crippen molar-refractivity contribution in [2.75, 3.05) is 26.2 Å². The van der Waals surface area contributed by atoms with E-state index in [-0.39, 0.29) is 5.91 Å². The zero-order valence-electron chi connectivity index (χ0n) is 12.4. The van der Waals surface area contributed by atoms with E-state index < -0.39 is 0 Å². The van der Waals surface area contributed by atoms with E-state index in [1.165, 1.54) is 17.7 Å². The molecule has 1 heterocycles. The summed E-state index contributed by atoms with van der Waals surface area (Å²) < 4.78 is 0. The number of hydrogen-bond donors (Lipinski definition) is 2. The first-order valence-corrected chi connectivity index (χ1v) is 8.34. The van der Waals surface area contributed by atoms with Gasteiger partial charge in [0.25, 0.3) is 5.91 Å². The van der Waals surface area contributed by atoms with Gasteiger partial charge >= 0.3 is 0 Å². The van der Waals surface area contributed by atoms with Gasteiger partial charge in [-0.2, -0.15) is 0 Å². The van der Waals surface area contributed by atoms with E-state index in [0.717, 1.165) is 31.0 Å². The number of rotatable bonds is 5. The number of hydrogen-bond acceptors (Lipinski definition) is 1. The van der Waals surface area contributed by atoms with Crippen LogP contribution in [0.1, 0.15) is 25.3 Å². The van der Waals surface area contributed by atoms with Gasteiger partial charge in [-0.15, -0.1) is 0 Å². The predicted octanol–water partition coefficient (Wildman–Crippen LogP) is 1.97. The van der Waals surface area contributed by atoms with Crippen LogP contribution in [-0.2, 0) is 11.2 Å². The normalized spacial score (nSPS) is 22.0. The number of piperidine rings is 1. The van der Waals surface area contributed by atoms with Crippen LogP contribution in [0.2, 0.25) is 10.0 Å². The van der Waals surface area contributed by atoms with Gasteiger partial charge in [-0.3, -0.25) is 4.79 Å². The number of carbonyl (C=O) groups excluding carboxylic acids is 1. The van der Waals surface area contributed by atoms with Crippen LogP contribution in [-0.4, -0.2) is 32.1 Å². The first kappa shape index (κ1) is 16.6. The Morgan fingerprint density at radius 1 is 1.43 bits per heavy atom. The molecule has 1 fully saturated rings. The molecule has 1 saturated heterocycles. The van der Waals surface area contributed by atoms with Crippen LogP contribution < -0.4 is 10.2 Å². The minimum atomic E-state index is 0.129. The molecule has 0 aromatic heterocycles. The molecule has 3 nitrogen and oxygen atoms in total. The molecule has 0 radical (unpaired) electrons. The highest BCUT2D eigenvalue weighted by molar-refractivity contribution is 6.35. The Morgan fingerprint density at radius 2 is 2.24 bits per heavy atom. The molecule has 0 spiro atoms. The molecule has 2 rings (SSSR count). The van der Waals surface area contributed by atoms with Gasteiger partial charge in [0.15, 0.2) is 6.54 Å². The fourth-order valence-corrected chi connectivity index (χ4v) is 3.41. The van der Waals surface area contributed by atoms with Gasteiger partial charge in [-0.1, -0.05) is 36.2 Å². The third-order valence-corrected chi connectivity index (χ3v) is 4.59. The van der Waals surface area contributed by atoms with Crippen LogP contribution in [0.5, 0.6) is 0 Å². The van der Waals surface area contributed by atoms with Crippen molar-refractivity contribution in [2.45, 2.75) is 26.2 Å². The van der Waals surface area contributed by atoms with Gasteiger partial charge in [0.2, 0.25) is 0 Å². The first-order valence-electron chi connectivity index (χ1n) is 7.59. The van der Waals surface area contributed by atoms with E-state index in [1.54, 1.807) is 6.07 Å². The lowest BCUT2D eigenvalue weighted by Crippen LogP contribution is -3.14.